The minimum Gasteiger partial charge on any atom is -0.400 e. The van der Waals surface area contributed by atoms with Crippen LogP contribution in [0.1, 0.15) is 104 Å². The van der Waals surface area contributed by atoms with Gasteiger partial charge in [0, 0.05) is 37.1 Å². The number of nitrogens with zero attached hydrogens (tertiary/aromatic N) is 1. The van der Waals surface area contributed by atoms with Gasteiger partial charge in [-0.15, -0.1) is 0 Å². The average molecular weight is 526 g/mol. The molecule has 2 aromatic rings. The average Bonchev–Trinajstić information content (AvgIpc) is 2.85. The molecule has 1 atom stereocenters. The summed E-state index contributed by atoms with van der Waals surface area (Å²) in [7, 11) is 2.62. The first kappa shape index (κ1) is 33.2. The molecule has 2 rings (SSSR count). The van der Waals surface area contributed by atoms with Crippen LogP contribution in [0.5, 0.6) is 0 Å². The van der Waals surface area contributed by atoms with Crippen molar-refractivity contribution in [1.29, 1.82) is 0 Å². The van der Waals surface area contributed by atoms with Crippen molar-refractivity contribution in [3.05, 3.63) is 69.8 Å². The van der Waals surface area contributed by atoms with Crippen molar-refractivity contribution in [1.82, 2.24) is 4.90 Å². The molecule has 6 heteroatoms. The van der Waals surface area contributed by atoms with E-state index in [2.05, 4.69) is 26.0 Å². The molecule has 0 saturated carbocycles. The smallest absolute Gasteiger partial charge is 0.254 e. The number of rotatable bonds is 10. The van der Waals surface area contributed by atoms with E-state index in [1.165, 1.54) is 4.90 Å². The van der Waals surface area contributed by atoms with E-state index in [0.29, 0.717) is 11.1 Å². The fraction of sp³-hybridized carbons (Fsp3) is 0.531. The van der Waals surface area contributed by atoms with Gasteiger partial charge in [0.15, 0.2) is 5.78 Å². The van der Waals surface area contributed by atoms with E-state index in [1.807, 2.05) is 58.9 Å². The molecular formula is C32H47NO5. The predicted octanol–water partition coefficient (Wildman–Crippen LogP) is 5.66. The van der Waals surface area contributed by atoms with Gasteiger partial charge in [-0.2, -0.15) is 0 Å². The lowest BCUT2D eigenvalue weighted by Crippen LogP contribution is -2.41. The molecule has 0 saturated heterocycles. The number of benzene rings is 2. The molecule has 38 heavy (non-hydrogen) atoms. The highest BCUT2D eigenvalue weighted by Crippen LogP contribution is 2.41. The Balaban J connectivity index is 0.00000352. The third-order valence-electron chi connectivity index (χ3n) is 8.11. The van der Waals surface area contributed by atoms with E-state index in [0.717, 1.165) is 48.5 Å². The van der Waals surface area contributed by atoms with Crippen LogP contribution in [-0.4, -0.2) is 59.4 Å². The number of aliphatic hydroxyl groups is 2. The van der Waals surface area contributed by atoms with Gasteiger partial charge >= 0.3 is 0 Å². The predicted molar refractivity (Wildman–Crippen MR) is 154 cm³/mol. The molecule has 210 valence electrons. The van der Waals surface area contributed by atoms with E-state index in [1.54, 1.807) is 14.0 Å². The first-order valence-electron chi connectivity index (χ1n) is 13.3. The molecule has 2 N–H and O–H groups in total. The summed E-state index contributed by atoms with van der Waals surface area (Å²) in [6.45, 7) is 15.8. The normalized spacial score (nSPS) is 13.2. The van der Waals surface area contributed by atoms with Crippen LogP contribution < -0.4 is 0 Å². The summed E-state index contributed by atoms with van der Waals surface area (Å²) in [6, 6.07) is 12.0. The standard InChI is InChI=1S/C31H43NO4.CH4O/c1-10-31(11-2,24-13-15-26(22(4)19-24)28(35)32(9)16-17-33)23-12-14-25(21(3)18-23)27(34)20-30(8,36)29(5,6)7;1-2/h12-15,17-19,36H,10-11,16,20H2,1-9H3;2H,1H3. The van der Waals surface area contributed by atoms with Crippen LogP contribution in [-0.2, 0) is 10.2 Å². The van der Waals surface area contributed by atoms with Gasteiger partial charge in [0.2, 0.25) is 0 Å². The molecule has 6 nitrogen and oxygen atoms in total. The van der Waals surface area contributed by atoms with Gasteiger partial charge in [-0.25, -0.2) is 0 Å². The zero-order valence-corrected chi connectivity index (χ0v) is 24.9. The maximum atomic E-state index is 13.1. The Bertz CT molecular complexity index is 1120. The lowest BCUT2D eigenvalue weighted by molar-refractivity contribution is -0.108. The Hall–Kier alpha value is -2.83. The van der Waals surface area contributed by atoms with Crippen LogP contribution >= 0.6 is 0 Å². The van der Waals surface area contributed by atoms with Crippen LogP contribution in [0.25, 0.3) is 0 Å². The summed E-state index contributed by atoms with van der Waals surface area (Å²) in [6.07, 6.45) is 2.50. The molecule has 0 aromatic heterocycles. The van der Waals surface area contributed by atoms with Crippen LogP contribution in [0.4, 0.5) is 0 Å². The molecule has 0 bridgehead atoms. The maximum Gasteiger partial charge on any atom is 0.254 e. The van der Waals surface area contributed by atoms with Crippen molar-refractivity contribution >= 4 is 18.0 Å². The summed E-state index contributed by atoms with van der Waals surface area (Å²) in [5.41, 5.74) is 3.44. The van der Waals surface area contributed by atoms with Crippen molar-refractivity contribution in [2.45, 2.75) is 85.7 Å². The topological polar surface area (TPSA) is 94.9 Å². The van der Waals surface area contributed by atoms with Gasteiger partial charge in [0.05, 0.1) is 12.1 Å². The summed E-state index contributed by atoms with van der Waals surface area (Å²) >= 11 is 0. The van der Waals surface area contributed by atoms with Gasteiger partial charge in [-0.1, -0.05) is 65.0 Å². The lowest BCUT2D eigenvalue weighted by atomic mass is 9.69. The summed E-state index contributed by atoms with van der Waals surface area (Å²) in [5, 5.41) is 17.9. The number of hydrogen-bond acceptors (Lipinski definition) is 5. The summed E-state index contributed by atoms with van der Waals surface area (Å²) < 4.78 is 0. The fourth-order valence-corrected chi connectivity index (χ4v) is 4.78. The Morgan fingerprint density at radius 2 is 1.32 bits per heavy atom. The van der Waals surface area contributed by atoms with Crippen molar-refractivity contribution in [3.63, 3.8) is 0 Å². The van der Waals surface area contributed by atoms with Gasteiger partial charge in [0.1, 0.15) is 6.29 Å². The number of hydrogen-bond donors (Lipinski definition) is 2. The van der Waals surface area contributed by atoms with Crippen LogP contribution in [0.3, 0.4) is 0 Å². The van der Waals surface area contributed by atoms with Crippen LogP contribution in [0, 0.1) is 19.3 Å². The summed E-state index contributed by atoms with van der Waals surface area (Å²) in [5.74, 6) is -0.231. The number of Topliss-reactive ketones (excluding diaryl/α,β-unsaturated/α-hetero) is 1. The van der Waals surface area contributed by atoms with Crippen molar-refractivity contribution in [3.8, 4) is 0 Å². The first-order valence-corrected chi connectivity index (χ1v) is 13.3. The molecule has 0 aliphatic heterocycles. The maximum absolute atomic E-state index is 13.1. The SMILES string of the molecule is CCC(CC)(c1ccc(C(=O)CC(C)(O)C(C)(C)C)c(C)c1)c1ccc(C(=O)N(C)CC=O)c(C)c1.CO. The number of carbonyl (C=O) groups excluding carboxylic acids is 3. The van der Waals surface area contributed by atoms with E-state index in [9.17, 15) is 19.5 Å². The zero-order valence-electron chi connectivity index (χ0n) is 24.9. The quantitative estimate of drug-likeness (QED) is 0.308. The van der Waals surface area contributed by atoms with Crippen molar-refractivity contribution in [2.75, 3.05) is 20.7 Å². The highest BCUT2D eigenvalue weighted by Gasteiger charge is 2.38. The Morgan fingerprint density at radius 1 is 0.868 bits per heavy atom. The van der Waals surface area contributed by atoms with Crippen molar-refractivity contribution in [2.24, 2.45) is 5.41 Å². The largest absolute Gasteiger partial charge is 0.400 e. The van der Waals surface area contributed by atoms with Crippen molar-refractivity contribution < 1.29 is 24.6 Å². The fourth-order valence-electron chi connectivity index (χ4n) is 4.78. The molecule has 2 aromatic carbocycles. The van der Waals surface area contributed by atoms with E-state index >= 15 is 0 Å². The minimum atomic E-state index is -1.11. The summed E-state index contributed by atoms with van der Waals surface area (Å²) in [4.78, 5) is 38.1. The molecule has 1 unspecified atom stereocenters. The second kappa shape index (κ2) is 13.3. The minimum absolute atomic E-state index is 0.0589. The second-order valence-corrected chi connectivity index (χ2v) is 11.3. The molecule has 0 aliphatic rings. The number of aliphatic hydroxyl groups excluding tert-OH is 1. The molecular weight excluding hydrogens is 478 g/mol. The molecule has 1 amide bonds. The van der Waals surface area contributed by atoms with Gasteiger partial charge in [-0.05, 0) is 67.3 Å². The lowest BCUT2D eigenvalue weighted by Gasteiger charge is -2.37. The molecule has 0 aliphatic carbocycles. The van der Waals surface area contributed by atoms with E-state index in [-0.39, 0.29) is 30.1 Å². The van der Waals surface area contributed by atoms with E-state index in [4.69, 9.17) is 5.11 Å². The number of likely N-dealkylation sites (N-methyl/N-ethyl adjacent to an activating group) is 1. The van der Waals surface area contributed by atoms with Gasteiger partial charge in [-0.3, -0.25) is 9.59 Å². The van der Waals surface area contributed by atoms with Crippen LogP contribution in [0.2, 0.25) is 0 Å². The Labute approximate surface area is 229 Å². The molecule has 0 spiro atoms. The second-order valence-electron chi connectivity index (χ2n) is 11.3. The van der Waals surface area contributed by atoms with Gasteiger partial charge in [0.25, 0.3) is 5.91 Å². The third kappa shape index (κ3) is 6.97. The molecule has 0 heterocycles. The Kier molecular flexibility index (Phi) is 11.6. The highest BCUT2D eigenvalue weighted by atomic mass is 16.3. The monoisotopic (exact) mass is 525 g/mol. The van der Waals surface area contributed by atoms with Gasteiger partial charge < -0.3 is 19.9 Å². The van der Waals surface area contributed by atoms with E-state index < -0.39 is 11.0 Å². The number of aldehydes is 1. The molecule has 0 fully saturated rings. The van der Waals surface area contributed by atoms with Crippen LogP contribution in [0.15, 0.2) is 36.4 Å². The third-order valence-corrected chi connectivity index (χ3v) is 8.11. The first-order chi connectivity index (χ1) is 17.6. The zero-order chi connectivity index (χ0) is 29.5. The number of ketones is 1. The molecule has 0 radical (unpaired) electrons. The Morgan fingerprint density at radius 3 is 1.68 bits per heavy atom. The number of carbonyl (C=O) groups is 3. The number of aryl methyl sites for hydroxylation is 2. The number of amides is 1. The highest BCUT2D eigenvalue weighted by molar-refractivity contribution is 5.98.